The number of hydrogen-bond acceptors (Lipinski definition) is 2. The van der Waals surface area contributed by atoms with Gasteiger partial charge in [0.2, 0.25) is 0 Å². The van der Waals surface area contributed by atoms with Gasteiger partial charge in [-0.3, -0.25) is 0 Å². The zero-order valence-electron chi connectivity index (χ0n) is 18.3. The van der Waals surface area contributed by atoms with Crippen LogP contribution in [0.15, 0.2) is 24.3 Å². The molecule has 0 spiro atoms. The highest BCUT2D eigenvalue weighted by Gasteiger charge is 2.31. The standard InChI is InChI=1S/C20H38O2.C6H4/c1-3-5-7-9-17-11-13-18(14-12-17)20-16-21-19(15-22-20)10-8-6-4-2;1-2-6-4-3-5(1)6/h17-20H,3-16H2,1-2H3;1-4H. The molecule has 0 aromatic rings. The highest BCUT2D eigenvalue weighted by molar-refractivity contribution is 5.22. The summed E-state index contributed by atoms with van der Waals surface area (Å²) < 4.78 is 12.2. The molecule has 0 aromatic carbocycles. The molecule has 0 bridgehead atoms. The molecule has 2 unspecified atom stereocenters. The molecule has 0 N–H and O–H groups in total. The van der Waals surface area contributed by atoms with E-state index in [-0.39, 0.29) is 0 Å². The summed E-state index contributed by atoms with van der Waals surface area (Å²) in [5.74, 6) is 1.76. The Balaban J connectivity index is 0.000000311. The summed E-state index contributed by atoms with van der Waals surface area (Å²) in [6.07, 6.45) is 17.1. The van der Waals surface area contributed by atoms with E-state index < -0.39 is 0 Å². The molecule has 28 heavy (non-hydrogen) atoms. The topological polar surface area (TPSA) is 18.5 Å². The van der Waals surface area contributed by atoms with E-state index in [0.29, 0.717) is 12.2 Å². The molecule has 1 saturated carbocycles. The van der Waals surface area contributed by atoms with Crippen LogP contribution in [0.3, 0.4) is 0 Å². The Labute approximate surface area is 172 Å². The minimum Gasteiger partial charge on any atom is -0.373 e. The van der Waals surface area contributed by atoms with Gasteiger partial charge in [0.25, 0.3) is 0 Å². The fourth-order valence-corrected chi connectivity index (χ4v) is 4.81. The Morgan fingerprint density at radius 2 is 1.32 bits per heavy atom. The number of hydrogen-bond donors (Lipinski definition) is 0. The van der Waals surface area contributed by atoms with Crippen molar-refractivity contribution in [3.8, 4) is 0 Å². The van der Waals surface area contributed by atoms with Gasteiger partial charge >= 0.3 is 0 Å². The van der Waals surface area contributed by atoms with E-state index >= 15 is 0 Å². The van der Waals surface area contributed by atoms with Crippen molar-refractivity contribution < 1.29 is 9.47 Å². The van der Waals surface area contributed by atoms with E-state index in [9.17, 15) is 0 Å². The van der Waals surface area contributed by atoms with Crippen LogP contribution in [0, 0.1) is 22.3 Å². The predicted molar refractivity (Wildman–Crippen MR) is 117 cm³/mol. The first-order valence-corrected chi connectivity index (χ1v) is 12.1. The van der Waals surface area contributed by atoms with Crippen LogP contribution in [-0.2, 0) is 9.47 Å². The van der Waals surface area contributed by atoms with E-state index in [1.807, 2.05) is 0 Å². The fourth-order valence-electron chi connectivity index (χ4n) is 4.81. The second kappa shape index (κ2) is 12.0. The summed E-state index contributed by atoms with van der Waals surface area (Å²) in [6, 6.07) is 8.48. The van der Waals surface area contributed by atoms with Crippen molar-refractivity contribution in [1.82, 2.24) is 0 Å². The summed E-state index contributed by atoms with van der Waals surface area (Å²) in [6.45, 7) is 6.24. The van der Waals surface area contributed by atoms with E-state index in [4.69, 9.17) is 9.47 Å². The first-order valence-electron chi connectivity index (χ1n) is 12.1. The number of unbranched alkanes of at least 4 members (excludes halogenated alkanes) is 4. The molecule has 2 heteroatoms. The monoisotopic (exact) mass is 386 g/mol. The molecule has 1 heterocycles. The summed E-state index contributed by atoms with van der Waals surface area (Å²) in [7, 11) is 0. The van der Waals surface area contributed by atoms with Crippen molar-refractivity contribution in [2.75, 3.05) is 13.2 Å². The van der Waals surface area contributed by atoms with Gasteiger partial charge in [-0.05, 0) is 41.5 Å². The second-order valence-corrected chi connectivity index (χ2v) is 9.18. The van der Waals surface area contributed by atoms with Crippen LogP contribution in [-0.4, -0.2) is 25.4 Å². The highest BCUT2D eigenvalue weighted by Crippen LogP contribution is 2.35. The van der Waals surface area contributed by atoms with Crippen molar-refractivity contribution >= 4 is 0 Å². The van der Waals surface area contributed by atoms with Crippen molar-refractivity contribution in [3.05, 3.63) is 34.7 Å². The van der Waals surface area contributed by atoms with Gasteiger partial charge < -0.3 is 9.47 Å². The summed E-state index contributed by atoms with van der Waals surface area (Å²) in [5, 5.41) is 2.85. The van der Waals surface area contributed by atoms with Gasteiger partial charge in [-0.25, -0.2) is 0 Å². The average Bonchev–Trinajstić information content (AvgIpc) is 2.73. The van der Waals surface area contributed by atoms with Gasteiger partial charge in [-0.1, -0.05) is 95.9 Å². The molecule has 0 aromatic heterocycles. The minimum absolute atomic E-state index is 0.369. The van der Waals surface area contributed by atoms with Gasteiger partial charge in [0.05, 0.1) is 25.4 Å². The van der Waals surface area contributed by atoms with E-state index in [1.165, 1.54) is 87.5 Å². The SMILES string of the molecule is CCCCCC1CCC(C2COC(CCCCC)CO2)CC1.c1cc2ccc1=2. The molecule has 1 aliphatic heterocycles. The zero-order chi connectivity index (χ0) is 19.6. The Kier molecular flexibility index (Phi) is 9.34. The second-order valence-electron chi connectivity index (χ2n) is 9.18. The van der Waals surface area contributed by atoms with Crippen LogP contribution < -0.4 is 0 Å². The van der Waals surface area contributed by atoms with E-state index in [2.05, 4.69) is 38.1 Å². The molecule has 3 aliphatic carbocycles. The molecular formula is C26H42O2. The van der Waals surface area contributed by atoms with Crippen molar-refractivity contribution in [2.24, 2.45) is 11.8 Å². The van der Waals surface area contributed by atoms with Crippen LogP contribution >= 0.6 is 0 Å². The summed E-state index contributed by atoms with van der Waals surface area (Å²) in [5.41, 5.74) is 0. The summed E-state index contributed by atoms with van der Waals surface area (Å²) in [4.78, 5) is 0. The molecule has 4 aliphatic rings. The maximum absolute atomic E-state index is 6.17. The number of rotatable bonds is 9. The third-order valence-corrected chi connectivity index (χ3v) is 6.97. The smallest absolute Gasteiger partial charge is 0.0838 e. The van der Waals surface area contributed by atoms with E-state index in [0.717, 1.165) is 25.0 Å². The molecule has 4 rings (SSSR count). The molecule has 0 radical (unpaired) electrons. The van der Waals surface area contributed by atoms with Crippen LogP contribution in [0.4, 0.5) is 0 Å². The Bertz CT molecular complexity index is 546. The Morgan fingerprint density at radius 3 is 1.79 bits per heavy atom. The van der Waals surface area contributed by atoms with Crippen LogP contribution in [0.5, 0.6) is 0 Å². The fraction of sp³-hybridized carbons (Fsp3) is 0.769. The van der Waals surface area contributed by atoms with Gasteiger partial charge in [-0.15, -0.1) is 0 Å². The minimum atomic E-state index is 0.369. The molecule has 1 saturated heterocycles. The maximum Gasteiger partial charge on any atom is 0.0838 e. The van der Waals surface area contributed by atoms with Crippen LogP contribution in [0.25, 0.3) is 0 Å². The van der Waals surface area contributed by atoms with Gasteiger partial charge in [-0.2, -0.15) is 0 Å². The molecule has 0 amide bonds. The first-order chi connectivity index (χ1) is 13.8. The van der Waals surface area contributed by atoms with Gasteiger partial charge in [0.1, 0.15) is 0 Å². The molecule has 2 fully saturated rings. The van der Waals surface area contributed by atoms with Crippen molar-refractivity contribution in [2.45, 2.75) is 103 Å². The summed E-state index contributed by atoms with van der Waals surface area (Å²) >= 11 is 0. The zero-order valence-corrected chi connectivity index (χ0v) is 18.3. The highest BCUT2D eigenvalue weighted by atomic mass is 16.6. The third-order valence-electron chi connectivity index (χ3n) is 6.97. The Hall–Kier alpha value is -0.860. The average molecular weight is 387 g/mol. The normalized spacial score (nSPS) is 28.4. The predicted octanol–water partition coefficient (Wildman–Crippen LogP) is 7.02. The first kappa shape index (κ1) is 21.8. The van der Waals surface area contributed by atoms with Crippen LogP contribution in [0.1, 0.15) is 90.9 Å². The molecular weight excluding hydrogens is 344 g/mol. The quantitative estimate of drug-likeness (QED) is 0.431. The number of ether oxygens (including phenoxy) is 2. The molecule has 158 valence electrons. The molecule has 2 nitrogen and oxygen atoms in total. The lowest BCUT2D eigenvalue weighted by Gasteiger charge is -2.38. The van der Waals surface area contributed by atoms with E-state index in [1.54, 1.807) is 0 Å². The van der Waals surface area contributed by atoms with Crippen LogP contribution in [0.2, 0.25) is 0 Å². The van der Waals surface area contributed by atoms with Gasteiger partial charge in [0.15, 0.2) is 0 Å². The van der Waals surface area contributed by atoms with Gasteiger partial charge in [0, 0.05) is 0 Å². The lowest BCUT2D eigenvalue weighted by atomic mass is 9.77. The van der Waals surface area contributed by atoms with Crippen molar-refractivity contribution in [3.63, 3.8) is 0 Å². The lowest BCUT2D eigenvalue weighted by molar-refractivity contribution is -0.157. The largest absolute Gasteiger partial charge is 0.373 e. The van der Waals surface area contributed by atoms with Crippen molar-refractivity contribution in [1.29, 1.82) is 0 Å². The Morgan fingerprint density at radius 1 is 0.714 bits per heavy atom. The lowest BCUT2D eigenvalue weighted by Crippen LogP contribution is -2.41. The number of benzene rings is 1. The maximum atomic E-state index is 6.17. The molecule has 2 atom stereocenters. The third kappa shape index (κ3) is 6.59.